The van der Waals surface area contributed by atoms with Gasteiger partial charge in [0.25, 0.3) is 5.91 Å². The maximum Gasteiger partial charge on any atom is 0.331 e. The molecule has 6 nitrogen and oxygen atoms in total. The van der Waals surface area contributed by atoms with Gasteiger partial charge in [0.2, 0.25) is 0 Å². The van der Waals surface area contributed by atoms with Crippen LogP contribution in [0, 0.1) is 0 Å². The molecule has 0 atom stereocenters. The highest BCUT2D eigenvalue weighted by Crippen LogP contribution is 2.33. The molecule has 27 heavy (non-hydrogen) atoms. The third-order valence-electron chi connectivity index (χ3n) is 4.36. The van der Waals surface area contributed by atoms with Gasteiger partial charge in [0.15, 0.2) is 18.1 Å². The second-order valence-corrected chi connectivity index (χ2v) is 6.82. The number of fused-ring (bicyclic) bond motifs is 1. The first kappa shape index (κ1) is 19.0. The van der Waals surface area contributed by atoms with Crippen LogP contribution < -0.4 is 9.47 Å². The molecule has 0 unspecified atom stereocenters. The van der Waals surface area contributed by atoms with Gasteiger partial charge in [-0.05, 0) is 58.1 Å². The van der Waals surface area contributed by atoms with Crippen LogP contribution in [0.5, 0.6) is 11.5 Å². The Balaban J connectivity index is 1.56. The van der Waals surface area contributed by atoms with E-state index in [-0.39, 0.29) is 12.5 Å². The largest absolute Gasteiger partial charge is 0.493 e. The van der Waals surface area contributed by atoms with E-state index < -0.39 is 5.97 Å². The van der Waals surface area contributed by atoms with E-state index in [0.29, 0.717) is 31.0 Å². The van der Waals surface area contributed by atoms with Crippen LogP contribution in [-0.4, -0.2) is 44.1 Å². The number of benzene rings is 1. The minimum atomic E-state index is -0.529. The van der Waals surface area contributed by atoms with E-state index in [0.717, 1.165) is 16.7 Å². The summed E-state index contributed by atoms with van der Waals surface area (Å²) in [6.45, 7) is 0.760. The van der Waals surface area contributed by atoms with Crippen molar-refractivity contribution in [3.63, 3.8) is 0 Å². The first-order valence-corrected chi connectivity index (χ1v) is 9.43. The Morgan fingerprint density at radius 1 is 1.19 bits per heavy atom. The summed E-state index contributed by atoms with van der Waals surface area (Å²) in [5.74, 6) is 0.573. The summed E-state index contributed by atoms with van der Waals surface area (Å²) < 4.78 is 15.7. The van der Waals surface area contributed by atoms with Crippen molar-refractivity contribution in [1.82, 2.24) is 4.90 Å². The van der Waals surface area contributed by atoms with E-state index in [1.54, 1.807) is 36.5 Å². The Bertz CT molecular complexity index is 844. The summed E-state index contributed by atoms with van der Waals surface area (Å²) in [4.78, 5) is 25.8. The molecule has 7 heteroatoms. The van der Waals surface area contributed by atoms with E-state index in [1.807, 2.05) is 29.0 Å². The highest BCUT2D eigenvalue weighted by molar-refractivity contribution is 7.08. The topological polar surface area (TPSA) is 65.1 Å². The second-order valence-electron chi connectivity index (χ2n) is 6.04. The van der Waals surface area contributed by atoms with Gasteiger partial charge < -0.3 is 19.1 Å². The zero-order valence-corrected chi connectivity index (χ0v) is 16.1. The maximum absolute atomic E-state index is 12.4. The molecule has 0 saturated heterocycles. The molecule has 0 radical (unpaired) electrons. The van der Waals surface area contributed by atoms with Crippen molar-refractivity contribution in [2.24, 2.45) is 0 Å². The Labute approximate surface area is 162 Å². The lowest BCUT2D eigenvalue weighted by atomic mass is 9.99. The summed E-state index contributed by atoms with van der Waals surface area (Å²) in [7, 11) is 3.18. The third kappa shape index (κ3) is 4.68. The molecule has 0 spiro atoms. The number of methoxy groups -OCH3 is 2. The highest BCUT2D eigenvalue weighted by Gasteiger charge is 2.23. The fourth-order valence-corrected chi connectivity index (χ4v) is 3.53. The minimum Gasteiger partial charge on any atom is -0.493 e. The molecule has 2 heterocycles. The predicted molar refractivity (Wildman–Crippen MR) is 103 cm³/mol. The molecular weight excluding hydrogens is 366 g/mol. The molecule has 0 N–H and O–H groups in total. The number of ether oxygens (including phenoxy) is 3. The van der Waals surface area contributed by atoms with Gasteiger partial charge >= 0.3 is 5.97 Å². The van der Waals surface area contributed by atoms with E-state index in [9.17, 15) is 9.59 Å². The van der Waals surface area contributed by atoms with Crippen LogP contribution in [0.3, 0.4) is 0 Å². The molecule has 0 bridgehead atoms. The maximum atomic E-state index is 12.4. The van der Waals surface area contributed by atoms with E-state index in [1.165, 1.54) is 6.08 Å². The highest BCUT2D eigenvalue weighted by atomic mass is 32.1. The van der Waals surface area contributed by atoms with Gasteiger partial charge in [0, 0.05) is 19.2 Å². The minimum absolute atomic E-state index is 0.215. The predicted octanol–water partition coefficient (Wildman–Crippen LogP) is 2.91. The number of hydrogen-bond donors (Lipinski definition) is 0. The van der Waals surface area contributed by atoms with Gasteiger partial charge in [0.1, 0.15) is 0 Å². The van der Waals surface area contributed by atoms with E-state index in [4.69, 9.17) is 14.2 Å². The lowest BCUT2D eigenvalue weighted by Gasteiger charge is -2.29. The summed E-state index contributed by atoms with van der Waals surface area (Å²) in [6.07, 6.45) is 3.71. The lowest BCUT2D eigenvalue weighted by molar-refractivity contribution is -0.148. The van der Waals surface area contributed by atoms with Gasteiger partial charge in [-0.2, -0.15) is 11.3 Å². The van der Waals surface area contributed by atoms with Crippen LogP contribution in [0.25, 0.3) is 6.08 Å². The van der Waals surface area contributed by atoms with Crippen LogP contribution in [0.15, 0.2) is 35.0 Å². The average Bonchev–Trinajstić information content (AvgIpc) is 3.22. The second kappa shape index (κ2) is 8.73. The van der Waals surface area contributed by atoms with Crippen LogP contribution in [0.2, 0.25) is 0 Å². The first-order valence-electron chi connectivity index (χ1n) is 8.49. The number of amides is 1. The summed E-state index contributed by atoms with van der Waals surface area (Å²) in [6, 6.07) is 5.74. The fraction of sp³-hybridized carbons (Fsp3) is 0.300. The van der Waals surface area contributed by atoms with Crippen LogP contribution in [0.1, 0.15) is 16.7 Å². The van der Waals surface area contributed by atoms with Crippen LogP contribution in [-0.2, 0) is 27.3 Å². The average molecular weight is 387 g/mol. The summed E-state index contributed by atoms with van der Waals surface area (Å²) in [5, 5.41) is 3.84. The molecule has 1 aromatic carbocycles. The zero-order valence-electron chi connectivity index (χ0n) is 15.3. The third-order valence-corrected chi connectivity index (χ3v) is 5.07. The molecule has 3 rings (SSSR count). The normalized spacial score (nSPS) is 13.3. The lowest BCUT2D eigenvalue weighted by Crippen LogP contribution is -2.38. The van der Waals surface area contributed by atoms with Crippen molar-refractivity contribution < 1.29 is 23.8 Å². The smallest absolute Gasteiger partial charge is 0.331 e. The molecule has 1 aromatic heterocycles. The Morgan fingerprint density at radius 2 is 1.93 bits per heavy atom. The van der Waals surface area contributed by atoms with Crippen LogP contribution in [0.4, 0.5) is 0 Å². The van der Waals surface area contributed by atoms with E-state index in [2.05, 4.69) is 0 Å². The van der Waals surface area contributed by atoms with Gasteiger partial charge in [-0.1, -0.05) is 0 Å². The molecule has 1 aliphatic rings. The van der Waals surface area contributed by atoms with Gasteiger partial charge in [-0.3, -0.25) is 4.79 Å². The van der Waals surface area contributed by atoms with Crippen molar-refractivity contribution in [2.75, 3.05) is 27.4 Å². The molecule has 142 valence electrons. The van der Waals surface area contributed by atoms with Gasteiger partial charge in [0.05, 0.1) is 14.2 Å². The van der Waals surface area contributed by atoms with Crippen molar-refractivity contribution >= 4 is 29.3 Å². The molecule has 0 fully saturated rings. The standard InChI is InChI=1S/C20H21NO5S/c1-24-17-9-15-5-7-21(11-16(15)10-18(17)25-2)19(22)12-26-20(23)4-3-14-6-8-27-13-14/h3-4,6,8-10,13H,5,7,11-12H2,1-2H3/b4-3+. The van der Waals surface area contributed by atoms with Crippen molar-refractivity contribution in [3.8, 4) is 11.5 Å². The van der Waals surface area contributed by atoms with Crippen molar-refractivity contribution in [1.29, 1.82) is 0 Å². The fourth-order valence-electron chi connectivity index (χ4n) is 2.90. The SMILES string of the molecule is COc1cc2c(cc1OC)CN(C(=O)COC(=O)/C=C/c1ccsc1)CC2. The Morgan fingerprint density at radius 3 is 2.59 bits per heavy atom. The van der Waals surface area contributed by atoms with Gasteiger partial charge in [-0.15, -0.1) is 0 Å². The molecule has 1 aliphatic heterocycles. The molecule has 0 saturated carbocycles. The monoisotopic (exact) mass is 387 g/mol. The molecular formula is C20H21NO5S. The van der Waals surface area contributed by atoms with Crippen LogP contribution >= 0.6 is 11.3 Å². The Hall–Kier alpha value is -2.80. The zero-order chi connectivity index (χ0) is 19.2. The van der Waals surface area contributed by atoms with E-state index >= 15 is 0 Å². The van der Waals surface area contributed by atoms with Crippen molar-refractivity contribution in [3.05, 3.63) is 51.7 Å². The number of nitrogens with zero attached hydrogens (tertiary/aromatic N) is 1. The summed E-state index contributed by atoms with van der Waals surface area (Å²) in [5.41, 5.74) is 3.07. The number of carbonyl (C=O) groups is 2. The quantitative estimate of drug-likeness (QED) is 0.563. The van der Waals surface area contributed by atoms with Gasteiger partial charge in [-0.25, -0.2) is 4.79 Å². The molecule has 1 amide bonds. The Kier molecular flexibility index (Phi) is 6.13. The number of esters is 1. The first-order chi connectivity index (χ1) is 13.1. The number of hydrogen-bond acceptors (Lipinski definition) is 6. The number of thiophene rings is 1. The summed E-state index contributed by atoms with van der Waals surface area (Å²) >= 11 is 1.55. The number of carbonyl (C=O) groups excluding carboxylic acids is 2. The molecule has 0 aliphatic carbocycles. The van der Waals surface area contributed by atoms with Crippen molar-refractivity contribution in [2.45, 2.75) is 13.0 Å². The number of rotatable bonds is 6. The molecule has 2 aromatic rings.